The van der Waals surface area contributed by atoms with Crippen molar-refractivity contribution in [1.29, 1.82) is 0 Å². The summed E-state index contributed by atoms with van der Waals surface area (Å²) in [6.45, 7) is 4.73. The molecule has 280 valence electrons. The summed E-state index contributed by atoms with van der Waals surface area (Å²) >= 11 is 0. The molecule has 2 heterocycles. The maximum Gasteiger partial charge on any atom is 0.235 e. The van der Waals surface area contributed by atoms with Gasteiger partial charge in [-0.25, -0.2) is 9.97 Å². The highest BCUT2D eigenvalue weighted by Gasteiger charge is 2.37. The number of para-hydroxylation sites is 1. The van der Waals surface area contributed by atoms with E-state index < -0.39 is 0 Å². The molecule has 0 fully saturated rings. The van der Waals surface area contributed by atoms with Crippen molar-refractivity contribution in [2.45, 2.75) is 19.3 Å². The number of hydrogen-bond donors (Lipinski definition) is 0. The Morgan fingerprint density at radius 2 is 1.02 bits per heavy atom. The fourth-order valence-corrected chi connectivity index (χ4v) is 10.6. The molecule has 0 N–H and O–H groups in total. The smallest absolute Gasteiger partial charge is 0.235 e. The van der Waals surface area contributed by atoms with Gasteiger partial charge in [0, 0.05) is 43.5 Å². The van der Waals surface area contributed by atoms with E-state index in [-0.39, 0.29) is 5.41 Å². The second kappa shape index (κ2) is 12.2. The van der Waals surface area contributed by atoms with Crippen molar-refractivity contribution >= 4 is 75.8 Å². The van der Waals surface area contributed by atoms with Gasteiger partial charge in [-0.2, -0.15) is 0 Å². The molecule has 0 radical (unpaired) electrons. The highest BCUT2D eigenvalue weighted by molar-refractivity contribution is 6.33. The summed E-state index contributed by atoms with van der Waals surface area (Å²) in [5.74, 6) is 0.657. The molecule has 1 aliphatic carbocycles. The van der Waals surface area contributed by atoms with Gasteiger partial charge in [-0.1, -0.05) is 190 Å². The van der Waals surface area contributed by atoms with E-state index in [2.05, 4.69) is 206 Å². The zero-order chi connectivity index (χ0) is 39.7. The van der Waals surface area contributed by atoms with Gasteiger partial charge in [0.25, 0.3) is 0 Å². The Morgan fingerprint density at radius 1 is 0.400 bits per heavy atom. The van der Waals surface area contributed by atoms with Crippen molar-refractivity contribution in [3.05, 3.63) is 199 Å². The Bertz CT molecular complexity index is 3800. The third-order valence-corrected chi connectivity index (χ3v) is 13.4. The first-order valence-electron chi connectivity index (χ1n) is 20.8. The van der Waals surface area contributed by atoms with Crippen LogP contribution in [0.15, 0.2) is 188 Å². The lowest BCUT2D eigenvalue weighted by molar-refractivity contribution is 0.661. The van der Waals surface area contributed by atoms with Crippen LogP contribution in [0.4, 0.5) is 0 Å². The Morgan fingerprint density at radius 3 is 1.82 bits per heavy atom. The van der Waals surface area contributed by atoms with E-state index in [1.165, 1.54) is 70.9 Å². The van der Waals surface area contributed by atoms with Crippen LogP contribution in [0.1, 0.15) is 25.0 Å². The van der Waals surface area contributed by atoms with Crippen LogP contribution in [0.2, 0.25) is 0 Å². The van der Waals surface area contributed by atoms with Crippen molar-refractivity contribution in [2.75, 3.05) is 0 Å². The van der Waals surface area contributed by atoms with E-state index in [0.717, 1.165) is 49.5 Å². The molecule has 0 unspecified atom stereocenters. The minimum absolute atomic E-state index is 0.123. The predicted octanol–water partition coefficient (Wildman–Crippen LogP) is 15.0. The summed E-state index contributed by atoms with van der Waals surface area (Å²) in [5, 5.41) is 13.1. The van der Waals surface area contributed by atoms with Crippen molar-refractivity contribution < 1.29 is 0 Å². The van der Waals surface area contributed by atoms with Gasteiger partial charge in [-0.05, 0) is 72.3 Å². The van der Waals surface area contributed by atoms with Crippen LogP contribution in [0.25, 0.3) is 115 Å². The lowest BCUT2D eigenvalue weighted by atomic mass is 9.82. The summed E-state index contributed by atoms with van der Waals surface area (Å²) in [6, 6.07) is 68.7. The van der Waals surface area contributed by atoms with Gasteiger partial charge in [0.1, 0.15) is 0 Å². The largest absolute Gasteiger partial charge is 0.277 e. The van der Waals surface area contributed by atoms with Crippen molar-refractivity contribution in [2.24, 2.45) is 0 Å². The Kier molecular flexibility index (Phi) is 6.78. The van der Waals surface area contributed by atoms with E-state index in [1.807, 2.05) is 0 Å². The molecule has 13 rings (SSSR count). The monoisotopic (exact) mass is 763 g/mol. The molecule has 10 aromatic carbocycles. The summed E-state index contributed by atoms with van der Waals surface area (Å²) in [5.41, 5.74) is 12.7. The fraction of sp³-hybridized carbons (Fsp3) is 0.0526. The maximum atomic E-state index is 5.65. The minimum atomic E-state index is -0.123. The number of fused-ring (bicyclic) bond motifs is 16. The third-order valence-electron chi connectivity index (χ3n) is 13.4. The molecule has 12 aromatic rings. The molecule has 0 amide bonds. The number of nitrogens with zero attached hydrogens (tertiary/aromatic N) is 3. The van der Waals surface area contributed by atoms with Gasteiger partial charge >= 0.3 is 0 Å². The highest BCUT2D eigenvalue weighted by atomic mass is 15.2. The lowest BCUT2D eigenvalue weighted by Gasteiger charge is -2.21. The van der Waals surface area contributed by atoms with Crippen LogP contribution < -0.4 is 0 Å². The average molecular weight is 764 g/mol. The van der Waals surface area contributed by atoms with Gasteiger partial charge in [0.05, 0.1) is 22.2 Å². The van der Waals surface area contributed by atoms with Crippen molar-refractivity contribution in [1.82, 2.24) is 14.5 Å². The molecule has 3 heteroatoms. The molecule has 0 bridgehead atoms. The molecule has 1 aliphatic rings. The zero-order valence-corrected chi connectivity index (χ0v) is 33.2. The second-order valence-electron chi connectivity index (χ2n) is 16.9. The van der Waals surface area contributed by atoms with Crippen LogP contribution in [0, 0.1) is 0 Å². The Labute approximate surface area is 346 Å². The first-order chi connectivity index (χ1) is 29.5. The van der Waals surface area contributed by atoms with Gasteiger partial charge in [-0.15, -0.1) is 0 Å². The van der Waals surface area contributed by atoms with E-state index in [4.69, 9.17) is 9.97 Å². The standard InChI is InChI=1S/C57H37N3/c1-57(2)48-31-29-37(33-47(48)50-38-19-8-6-15-34(38)28-32-49(50)57)40-25-14-26-45-51-43-23-12-10-21-41(43)42-22-11-13-24-44(42)55(51)60(54(40)45)56-58-52(36-17-4-3-5-18-36)46-30-27-35-16-7-9-20-39(35)53(46)59-56/h3-33H,1-2H3. The molecule has 2 aromatic heterocycles. The number of aromatic nitrogens is 3. The molecule has 0 saturated carbocycles. The summed E-state index contributed by atoms with van der Waals surface area (Å²) in [6.07, 6.45) is 0. The molecule has 0 atom stereocenters. The lowest BCUT2D eigenvalue weighted by Crippen LogP contribution is -2.14. The minimum Gasteiger partial charge on any atom is -0.277 e. The van der Waals surface area contributed by atoms with Crippen LogP contribution in [0.3, 0.4) is 0 Å². The van der Waals surface area contributed by atoms with E-state index in [9.17, 15) is 0 Å². The quantitative estimate of drug-likeness (QED) is 0.168. The molecule has 3 nitrogen and oxygen atoms in total. The third kappa shape index (κ3) is 4.49. The summed E-state index contributed by atoms with van der Waals surface area (Å²) < 4.78 is 2.39. The first-order valence-corrected chi connectivity index (χ1v) is 20.8. The summed E-state index contributed by atoms with van der Waals surface area (Å²) in [7, 11) is 0. The predicted molar refractivity (Wildman–Crippen MR) is 252 cm³/mol. The molecule has 0 saturated heterocycles. The molecular formula is C57H37N3. The van der Waals surface area contributed by atoms with Crippen molar-refractivity contribution in [3.63, 3.8) is 0 Å². The second-order valence-corrected chi connectivity index (χ2v) is 16.9. The Hall–Kier alpha value is -7.62. The van der Waals surface area contributed by atoms with Crippen LogP contribution >= 0.6 is 0 Å². The van der Waals surface area contributed by atoms with Gasteiger partial charge in [-0.3, -0.25) is 4.57 Å². The molecular weight excluding hydrogens is 727 g/mol. The SMILES string of the molecule is CC1(C)c2ccc(-c3cccc4c5c6ccccc6c6ccccc6c5n(-c5nc(-c6ccccc6)c6ccc7ccccc7c6n5)c34)cc2-c2c1ccc1ccccc21. The van der Waals surface area contributed by atoms with Gasteiger partial charge < -0.3 is 0 Å². The zero-order valence-electron chi connectivity index (χ0n) is 33.2. The number of rotatable bonds is 3. The first kappa shape index (κ1) is 33.4. The van der Waals surface area contributed by atoms with Crippen molar-refractivity contribution in [3.8, 4) is 39.5 Å². The number of benzene rings is 10. The highest BCUT2D eigenvalue weighted by Crippen LogP contribution is 2.53. The van der Waals surface area contributed by atoms with Crippen LogP contribution in [-0.4, -0.2) is 14.5 Å². The summed E-state index contributed by atoms with van der Waals surface area (Å²) in [4.78, 5) is 11.3. The molecule has 0 spiro atoms. The topological polar surface area (TPSA) is 30.7 Å². The van der Waals surface area contributed by atoms with Gasteiger partial charge in [0.2, 0.25) is 5.95 Å². The van der Waals surface area contributed by atoms with Crippen LogP contribution in [-0.2, 0) is 5.41 Å². The van der Waals surface area contributed by atoms with E-state index >= 15 is 0 Å². The fourth-order valence-electron chi connectivity index (χ4n) is 10.6. The molecule has 0 aliphatic heterocycles. The maximum absolute atomic E-state index is 5.65. The average Bonchev–Trinajstić information content (AvgIpc) is 3.78. The van der Waals surface area contributed by atoms with E-state index in [1.54, 1.807) is 0 Å². The number of hydrogen-bond acceptors (Lipinski definition) is 2. The normalized spacial score (nSPS) is 13.3. The van der Waals surface area contributed by atoms with Gasteiger partial charge in [0.15, 0.2) is 0 Å². The van der Waals surface area contributed by atoms with Crippen LogP contribution in [0.5, 0.6) is 0 Å². The van der Waals surface area contributed by atoms with E-state index in [0.29, 0.717) is 5.95 Å². The molecule has 60 heavy (non-hydrogen) atoms. The Balaban J connectivity index is 1.21.